The van der Waals surface area contributed by atoms with Crippen molar-refractivity contribution in [1.29, 1.82) is 0 Å². The molecule has 0 heterocycles. The van der Waals surface area contributed by atoms with Gasteiger partial charge in [-0.25, -0.2) is 0 Å². The lowest BCUT2D eigenvalue weighted by Crippen LogP contribution is -2.30. The van der Waals surface area contributed by atoms with Gasteiger partial charge in [0.1, 0.15) is 5.78 Å². The predicted molar refractivity (Wildman–Crippen MR) is 41.3 cm³/mol. The molecule has 0 aliphatic rings. The monoisotopic (exact) mass is 139 g/mol. The number of hydrogen-bond donors (Lipinski definition) is 1. The molecular formula is C8H13NO. The number of carbonyl (C=O) groups is 1. The Morgan fingerprint density at radius 3 is 2.50 bits per heavy atom. The lowest BCUT2D eigenvalue weighted by atomic mass is 9.98. The lowest BCUT2D eigenvalue weighted by Gasteiger charge is -2.11. The molecule has 2 unspecified atom stereocenters. The maximum Gasteiger partial charge on any atom is 0.149 e. The summed E-state index contributed by atoms with van der Waals surface area (Å²) in [5.41, 5.74) is 5.48. The quantitative estimate of drug-likeness (QED) is 0.581. The minimum atomic E-state index is -0.115. The standard InChI is InChI=1S/C8H13NO/c1-4-5-8(10)6(2)7(3)9/h1,6-7H,5,9H2,2-3H3. The second-order valence-corrected chi connectivity index (χ2v) is 2.50. The van der Waals surface area contributed by atoms with Crippen molar-refractivity contribution in [3.8, 4) is 12.3 Å². The van der Waals surface area contributed by atoms with Crippen LogP contribution in [-0.4, -0.2) is 11.8 Å². The molecule has 0 saturated heterocycles. The Hall–Kier alpha value is -0.810. The van der Waals surface area contributed by atoms with Crippen molar-refractivity contribution in [2.75, 3.05) is 0 Å². The Kier molecular flexibility index (Phi) is 3.75. The van der Waals surface area contributed by atoms with Crippen molar-refractivity contribution in [1.82, 2.24) is 0 Å². The fraction of sp³-hybridized carbons (Fsp3) is 0.625. The fourth-order valence-electron chi connectivity index (χ4n) is 0.555. The number of nitrogens with two attached hydrogens (primary N) is 1. The lowest BCUT2D eigenvalue weighted by molar-refractivity contribution is -0.121. The highest BCUT2D eigenvalue weighted by molar-refractivity contribution is 5.83. The third-order valence-corrected chi connectivity index (χ3v) is 1.57. The van der Waals surface area contributed by atoms with E-state index in [0.717, 1.165) is 0 Å². The van der Waals surface area contributed by atoms with Crippen LogP contribution in [0.25, 0.3) is 0 Å². The molecule has 0 aromatic heterocycles. The van der Waals surface area contributed by atoms with Crippen LogP contribution in [0, 0.1) is 18.3 Å². The first-order chi connectivity index (χ1) is 4.59. The highest BCUT2D eigenvalue weighted by Crippen LogP contribution is 2.03. The third kappa shape index (κ3) is 2.65. The topological polar surface area (TPSA) is 43.1 Å². The molecule has 0 spiro atoms. The average molecular weight is 139 g/mol. The Bertz CT molecular complexity index is 155. The predicted octanol–water partition coefficient (Wildman–Crippen LogP) is 0.562. The van der Waals surface area contributed by atoms with Gasteiger partial charge in [0.25, 0.3) is 0 Å². The van der Waals surface area contributed by atoms with Gasteiger partial charge in [-0.2, -0.15) is 0 Å². The molecule has 0 saturated carbocycles. The summed E-state index contributed by atoms with van der Waals surface area (Å²) in [6, 6.07) is -0.0964. The maximum atomic E-state index is 11.0. The third-order valence-electron chi connectivity index (χ3n) is 1.57. The van der Waals surface area contributed by atoms with Crippen molar-refractivity contribution in [2.45, 2.75) is 26.3 Å². The summed E-state index contributed by atoms with van der Waals surface area (Å²) < 4.78 is 0. The van der Waals surface area contributed by atoms with Gasteiger partial charge in [-0.3, -0.25) is 4.79 Å². The number of hydrogen-bond acceptors (Lipinski definition) is 2. The van der Waals surface area contributed by atoms with E-state index in [1.54, 1.807) is 13.8 Å². The van der Waals surface area contributed by atoms with Crippen LogP contribution >= 0.6 is 0 Å². The van der Waals surface area contributed by atoms with E-state index in [1.165, 1.54) is 0 Å². The smallest absolute Gasteiger partial charge is 0.149 e. The van der Waals surface area contributed by atoms with Crippen LogP contribution < -0.4 is 5.73 Å². The zero-order valence-electron chi connectivity index (χ0n) is 6.42. The maximum absolute atomic E-state index is 11.0. The number of carbonyl (C=O) groups excluding carboxylic acids is 1. The van der Waals surface area contributed by atoms with E-state index in [4.69, 9.17) is 12.2 Å². The zero-order valence-corrected chi connectivity index (χ0v) is 6.42. The first-order valence-corrected chi connectivity index (χ1v) is 3.31. The van der Waals surface area contributed by atoms with E-state index >= 15 is 0 Å². The second kappa shape index (κ2) is 4.08. The van der Waals surface area contributed by atoms with Gasteiger partial charge in [-0.15, -0.1) is 6.42 Å². The summed E-state index contributed by atoms with van der Waals surface area (Å²) in [7, 11) is 0. The van der Waals surface area contributed by atoms with Crippen molar-refractivity contribution in [2.24, 2.45) is 11.7 Å². The van der Waals surface area contributed by atoms with Gasteiger partial charge in [0.2, 0.25) is 0 Å². The van der Waals surface area contributed by atoms with Crippen LogP contribution in [0.1, 0.15) is 20.3 Å². The summed E-state index contributed by atoms with van der Waals surface area (Å²) in [6.07, 6.45) is 5.15. The highest BCUT2D eigenvalue weighted by atomic mass is 16.1. The highest BCUT2D eigenvalue weighted by Gasteiger charge is 2.14. The van der Waals surface area contributed by atoms with Gasteiger partial charge in [-0.05, 0) is 6.92 Å². The molecule has 0 radical (unpaired) electrons. The molecule has 0 aromatic rings. The Balaban J connectivity index is 3.85. The molecule has 2 nitrogen and oxygen atoms in total. The zero-order chi connectivity index (χ0) is 8.15. The molecule has 0 fully saturated rings. The van der Waals surface area contributed by atoms with Crippen molar-refractivity contribution < 1.29 is 4.79 Å². The van der Waals surface area contributed by atoms with Gasteiger partial charge in [0.15, 0.2) is 0 Å². The van der Waals surface area contributed by atoms with E-state index in [0.29, 0.717) is 0 Å². The number of terminal acetylenes is 1. The molecule has 0 aliphatic carbocycles. The molecule has 0 aliphatic heterocycles. The van der Waals surface area contributed by atoms with E-state index in [9.17, 15) is 4.79 Å². The first-order valence-electron chi connectivity index (χ1n) is 3.31. The number of Topliss-reactive ketones (excluding diaryl/α,β-unsaturated/α-hetero) is 1. The van der Waals surface area contributed by atoms with Gasteiger partial charge >= 0.3 is 0 Å². The first kappa shape index (κ1) is 9.19. The van der Waals surface area contributed by atoms with Crippen molar-refractivity contribution in [3.05, 3.63) is 0 Å². The molecule has 2 heteroatoms. The molecule has 0 rings (SSSR count). The summed E-state index contributed by atoms with van der Waals surface area (Å²) in [4.78, 5) is 11.0. The van der Waals surface area contributed by atoms with Gasteiger partial charge in [-0.1, -0.05) is 12.8 Å². The molecule has 0 aromatic carbocycles. The van der Waals surface area contributed by atoms with Gasteiger partial charge < -0.3 is 5.73 Å². The normalized spacial score (nSPS) is 15.4. The van der Waals surface area contributed by atoms with Crippen LogP contribution in [0.3, 0.4) is 0 Å². The number of ketones is 1. The summed E-state index contributed by atoms with van der Waals surface area (Å²) >= 11 is 0. The minimum absolute atomic E-state index is 0.0532. The average Bonchev–Trinajstić information content (AvgIpc) is 1.87. The van der Waals surface area contributed by atoms with Gasteiger partial charge in [0, 0.05) is 12.0 Å². The molecule has 10 heavy (non-hydrogen) atoms. The molecule has 2 atom stereocenters. The summed E-state index contributed by atoms with van der Waals surface area (Å²) in [6.45, 7) is 3.60. The van der Waals surface area contributed by atoms with Crippen LogP contribution in [-0.2, 0) is 4.79 Å². The Morgan fingerprint density at radius 1 is 1.70 bits per heavy atom. The van der Waals surface area contributed by atoms with Crippen molar-refractivity contribution >= 4 is 5.78 Å². The molecular weight excluding hydrogens is 126 g/mol. The summed E-state index contributed by atoms with van der Waals surface area (Å²) in [5.74, 6) is 2.24. The van der Waals surface area contributed by atoms with E-state index in [1.807, 2.05) is 0 Å². The second-order valence-electron chi connectivity index (χ2n) is 2.50. The SMILES string of the molecule is C#CCC(=O)C(C)C(C)N. The molecule has 56 valence electrons. The summed E-state index contributed by atoms with van der Waals surface area (Å²) in [5, 5.41) is 0. The fourth-order valence-corrected chi connectivity index (χ4v) is 0.555. The number of rotatable bonds is 3. The van der Waals surface area contributed by atoms with E-state index in [-0.39, 0.29) is 24.2 Å². The molecule has 0 bridgehead atoms. The van der Waals surface area contributed by atoms with Gasteiger partial charge in [0.05, 0.1) is 6.42 Å². The van der Waals surface area contributed by atoms with Crippen LogP contribution in [0.2, 0.25) is 0 Å². The van der Waals surface area contributed by atoms with Crippen molar-refractivity contribution in [3.63, 3.8) is 0 Å². The van der Waals surface area contributed by atoms with Crippen LogP contribution in [0.4, 0.5) is 0 Å². The Labute approximate surface area is 61.8 Å². The van der Waals surface area contributed by atoms with Crippen LogP contribution in [0.5, 0.6) is 0 Å². The largest absolute Gasteiger partial charge is 0.327 e. The van der Waals surface area contributed by atoms with E-state index < -0.39 is 0 Å². The molecule has 0 amide bonds. The minimum Gasteiger partial charge on any atom is -0.327 e. The Morgan fingerprint density at radius 2 is 2.20 bits per heavy atom. The van der Waals surface area contributed by atoms with Crippen LogP contribution in [0.15, 0.2) is 0 Å². The van der Waals surface area contributed by atoms with E-state index in [2.05, 4.69) is 5.92 Å². The molecule has 2 N–H and O–H groups in total.